The highest BCUT2D eigenvalue weighted by atomic mass is 32.2. The summed E-state index contributed by atoms with van der Waals surface area (Å²) < 4.78 is 1.94. The average Bonchev–Trinajstić information content (AvgIpc) is 2.46. The van der Waals surface area contributed by atoms with Gasteiger partial charge in [0, 0.05) is 24.7 Å². The Kier molecular flexibility index (Phi) is 4.00. The normalized spacial score (nSPS) is 12.7. The number of aryl methyl sites for hydroxylation is 1. The molecule has 0 aliphatic rings. The highest BCUT2D eigenvalue weighted by Gasteiger charge is 2.09. The highest BCUT2D eigenvalue weighted by molar-refractivity contribution is 7.99. The molecule has 0 saturated heterocycles. The number of aromatic nitrogens is 2. The van der Waals surface area contributed by atoms with Crippen LogP contribution >= 0.6 is 11.8 Å². The number of aliphatic carboxylic acids is 1. The van der Waals surface area contributed by atoms with Crippen molar-refractivity contribution < 1.29 is 9.90 Å². The van der Waals surface area contributed by atoms with Gasteiger partial charge in [-0.25, -0.2) is 4.98 Å². The van der Waals surface area contributed by atoms with Crippen molar-refractivity contribution in [2.75, 3.05) is 0 Å². The lowest BCUT2D eigenvalue weighted by atomic mass is 10.3. The molecule has 0 bridgehead atoms. The standard InChI is InChI=1S/C9H14N2O2S/c1-7(5-9(12)13)14-6-8-10-3-4-11(8)2/h3-4,7H,5-6H2,1-2H3,(H,12,13). The van der Waals surface area contributed by atoms with Crippen LogP contribution in [0.25, 0.3) is 0 Å². The predicted octanol–water partition coefficient (Wildman–Crippen LogP) is 1.52. The van der Waals surface area contributed by atoms with Gasteiger partial charge in [-0.05, 0) is 0 Å². The molecule has 0 aliphatic carbocycles. The molecule has 14 heavy (non-hydrogen) atoms. The van der Waals surface area contributed by atoms with Gasteiger partial charge in [-0.15, -0.1) is 0 Å². The lowest BCUT2D eigenvalue weighted by Crippen LogP contribution is -2.06. The van der Waals surface area contributed by atoms with Gasteiger partial charge in [0.25, 0.3) is 0 Å². The van der Waals surface area contributed by atoms with Crippen LogP contribution in [0.15, 0.2) is 12.4 Å². The zero-order valence-electron chi connectivity index (χ0n) is 8.30. The Morgan fingerprint density at radius 2 is 2.50 bits per heavy atom. The fraction of sp³-hybridized carbons (Fsp3) is 0.556. The monoisotopic (exact) mass is 214 g/mol. The molecule has 78 valence electrons. The van der Waals surface area contributed by atoms with E-state index in [9.17, 15) is 4.79 Å². The van der Waals surface area contributed by atoms with E-state index >= 15 is 0 Å². The maximum absolute atomic E-state index is 10.4. The molecule has 0 amide bonds. The summed E-state index contributed by atoms with van der Waals surface area (Å²) in [5.74, 6) is 0.995. The van der Waals surface area contributed by atoms with Gasteiger partial charge in [0.2, 0.25) is 0 Å². The third kappa shape index (κ3) is 3.41. The average molecular weight is 214 g/mol. The third-order valence-corrected chi connectivity index (χ3v) is 3.04. The number of rotatable bonds is 5. The first kappa shape index (κ1) is 11.1. The first-order valence-corrected chi connectivity index (χ1v) is 5.44. The largest absolute Gasteiger partial charge is 0.481 e. The van der Waals surface area contributed by atoms with E-state index in [0.29, 0.717) is 0 Å². The zero-order chi connectivity index (χ0) is 10.6. The van der Waals surface area contributed by atoms with Crippen molar-refractivity contribution in [2.45, 2.75) is 24.3 Å². The predicted molar refractivity (Wildman–Crippen MR) is 56.2 cm³/mol. The van der Waals surface area contributed by atoms with Crippen LogP contribution in [0.3, 0.4) is 0 Å². The number of nitrogens with zero attached hydrogens (tertiary/aromatic N) is 2. The Morgan fingerprint density at radius 3 is 3.00 bits per heavy atom. The molecule has 0 spiro atoms. The molecule has 0 radical (unpaired) electrons. The summed E-state index contributed by atoms with van der Waals surface area (Å²) in [6.45, 7) is 1.92. The Morgan fingerprint density at radius 1 is 1.79 bits per heavy atom. The molecular weight excluding hydrogens is 200 g/mol. The van der Waals surface area contributed by atoms with Crippen molar-refractivity contribution in [1.82, 2.24) is 9.55 Å². The summed E-state index contributed by atoms with van der Waals surface area (Å²) in [5.41, 5.74) is 0. The minimum absolute atomic E-state index is 0.129. The molecule has 4 nitrogen and oxygen atoms in total. The smallest absolute Gasteiger partial charge is 0.304 e. The van der Waals surface area contributed by atoms with Gasteiger partial charge in [-0.2, -0.15) is 11.8 Å². The molecule has 1 rings (SSSR count). The van der Waals surface area contributed by atoms with Gasteiger partial charge in [-0.1, -0.05) is 6.92 Å². The molecule has 1 unspecified atom stereocenters. The van der Waals surface area contributed by atoms with Crippen LogP contribution in [-0.2, 0) is 17.6 Å². The first-order valence-electron chi connectivity index (χ1n) is 4.39. The summed E-state index contributed by atoms with van der Waals surface area (Å²) >= 11 is 1.61. The molecule has 1 heterocycles. The Balaban J connectivity index is 2.34. The minimum atomic E-state index is -0.746. The van der Waals surface area contributed by atoms with Gasteiger partial charge in [0.15, 0.2) is 0 Å². The second-order valence-electron chi connectivity index (χ2n) is 3.17. The van der Waals surface area contributed by atoms with Crippen LogP contribution in [0.1, 0.15) is 19.2 Å². The number of imidazole rings is 1. The van der Waals surface area contributed by atoms with Gasteiger partial charge in [-0.3, -0.25) is 4.79 Å². The number of carboxylic acids is 1. The molecule has 0 fully saturated rings. The van der Waals surface area contributed by atoms with E-state index in [0.717, 1.165) is 11.6 Å². The van der Waals surface area contributed by atoms with Crippen LogP contribution in [-0.4, -0.2) is 25.9 Å². The van der Waals surface area contributed by atoms with Crippen molar-refractivity contribution in [1.29, 1.82) is 0 Å². The molecular formula is C9H14N2O2S. The number of carboxylic acid groups (broad SMARTS) is 1. The van der Waals surface area contributed by atoms with Crippen LogP contribution in [0.4, 0.5) is 0 Å². The fourth-order valence-corrected chi connectivity index (χ4v) is 2.03. The molecule has 0 aliphatic heterocycles. The SMILES string of the molecule is CC(CC(=O)O)SCc1nccn1C. The Labute approximate surface area is 87.3 Å². The lowest BCUT2D eigenvalue weighted by Gasteiger charge is -2.07. The highest BCUT2D eigenvalue weighted by Crippen LogP contribution is 2.18. The van der Waals surface area contributed by atoms with Crippen LogP contribution in [0.2, 0.25) is 0 Å². The summed E-state index contributed by atoms with van der Waals surface area (Å²) in [4.78, 5) is 14.6. The molecule has 0 aromatic carbocycles. The summed E-state index contributed by atoms with van der Waals surface area (Å²) in [7, 11) is 1.94. The van der Waals surface area contributed by atoms with Gasteiger partial charge < -0.3 is 9.67 Å². The molecule has 1 aromatic heterocycles. The van der Waals surface area contributed by atoms with Crippen LogP contribution in [0.5, 0.6) is 0 Å². The summed E-state index contributed by atoms with van der Waals surface area (Å²) in [6, 6.07) is 0. The second-order valence-corrected chi connectivity index (χ2v) is 4.60. The van der Waals surface area contributed by atoms with Crippen LogP contribution < -0.4 is 0 Å². The van der Waals surface area contributed by atoms with Crippen molar-refractivity contribution in [3.8, 4) is 0 Å². The molecule has 1 aromatic rings. The topological polar surface area (TPSA) is 55.1 Å². The van der Waals surface area contributed by atoms with Gasteiger partial charge >= 0.3 is 5.97 Å². The lowest BCUT2D eigenvalue weighted by molar-refractivity contribution is -0.136. The van der Waals surface area contributed by atoms with E-state index in [-0.39, 0.29) is 11.7 Å². The van der Waals surface area contributed by atoms with Gasteiger partial charge in [0.1, 0.15) is 5.82 Å². The Hall–Kier alpha value is -0.970. The molecule has 1 N–H and O–H groups in total. The number of thioether (sulfide) groups is 1. The third-order valence-electron chi connectivity index (χ3n) is 1.88. The second kappa shape index (κ2) is 5.05. The maximum Gasteiger partial charge on any atom is 0.304 e. The number of carbonyl (C=O) groups is 1. The minimum Gasteiger partial charge on any atom is -0.481 e. The van der Waals surface area contributed by atoms with Crippen molar-refractivity contribution >= 4 is 17.7 Å². The molecule has 0 saturated carbocycles. The van der Waals surface area contributed by atoms with E-state index < -0.39 is 5.97 Å². The van der Waals surface area contributed by atoms with Crippen molar-refractivity contribution in [2.24, 2.45) is 7.05 Å². The first-order chi connectivity index (χ1) is 6.59. The maximum atomic E-state index is 10.4. The van der Waals surface area contributed by atoms with Gasteiger partial charge in [0.05, 0.1) is 12.2 Å². The van der Waals surface area contributed by atoms with E-state index in [1.165, 1.54) is 0 Å². The molecule has 5 heteroatoms. The van der Waals surface area contributed by atoms with Crippen molar-refractivity contribution in [3.05, 3.63) is 18.2 Å². The Bertz CT molecular complexity index is 312. The van der Waals surface area contributed by atoms with Crippen LogP contribution in [0, 0.1) is 0 Å². The molecule has 1 atom stereocenters. The van der Waals surface area contributed by atoms with E-state index in [1.807, 2.05) is 24.7 Å². The van der Waals surface area contributed by atoms with Crippen molar-refractivity contribution in [3.63, 3.8) is 0 Å². The quantitative estimate of drug-likeness (QED) is 0.807. The summed E-state index contributed by atoms with van der Waals surface area (Å²) in [6.07, 6.45) is 3.84. The number of hydrogen-bond donors (Lipinski definition) is 1. The fourth-order valence-electron chi connectivity index (χ4n) is 1.06. The number of hydrogen-bond acceptors (Lipinski definition) is 3. The van der Waals surface area contributed by atoms with E-state index in [4.69, 9.17) is 5.11 Å². The zero-order valence-corrected chi connectivity index (χ0v) is 9.12. The van der Waals surface area contributed by atoms with E-state index in [1.54, 1.807) is 18.0 Å². The van der Waals surface area contributed by atoms with E-state index in [2.05, 4.69) is 4.98 Å². The summed E-state index contributed by atoms with van der Waals surface area (Å²) in [5, 5.41) is 8.69.